The second-order valence-electron chi connectivity index (χ2n) is 3.36. The molecule has 4 nitrogen and oxygen atoms in total. The fourth-order valence-corrected chi connectivity index (χ4v) is 1.59. The van der Waals surface area contributed by atoms with Crippen molar-refractivity contribution in [1.82, 2.24) is 0 Å². The molecule has 0 atom stereocenters. The van der Waals surface area contributed by atoms with Gasteiger partial charge in [0.2, 0.25) is 0 Å². The van der Waals surface area contributed by atoms with Gasteiger partial charge in [-0.15, -0.1) is 0 Å². The number of rotatable bonds is 2. The van der Waals surface area contributed by atoms with Crippen LogP contribution < -0.4 is 0 Å². The van der Waals surface area contributed by atoms with Crippen LogP contribution in [0.1, 0.15) is 28.1 Å². The average Bonchev–Trinajstić information content (AvgIpc) is 2.27. The first kappa shape index (κ1) is 12.7. The minimum absolute atomic E-state index is 0. The molecule has 2 N–H and O–H groups in total. The van der Waals surface area contributed by atoms with Crippen LogP contribution >= 0.6 is 0 Å². The molecule has 2 rings (SSSR count). The maximum Gasteiger partial charge on any atom is 0.336 e. The topological polar surface area (TPSA) is 74.6 Å². The van der Waals surface area contributed by atoms with Gasteiger partial charge in [0, 0.05) is 0 Å². The van der Waals surface area contributed by atoms with Crippen molar-refractivity contribution in [2.24, 2.45) is 0 Å². The summed E-state index contributed by atoms with van der Waals surface area (Å²) in [5.41, 5.74) is -0.377. The summed E-state index contributed by atoms with van der Waals surface area (Å²) >= 11 is 0. The van der Waals surface area contributed by atoms with Crippen molar-refractivity contribution in [3.63, 3.8) is 0 Å². The Morgan fingerprint density at radius 1 is 0.824 bits per heavy atom. The molecule has 4 heteroatoms. The minimum atomic E-state index is -1.23. The van der Waals surface area contributed by atoms with E-state index >= 15 is 0 Å². The van der Waals surface area contributed by atoms with E-state index < -0.39 is 11.9 Å². The third-order valence-electron chi connectivity index (χ3n) is 2.35. The van der Waals surface area contributed by atoms with E-state index in [0.717, 1.165) is 0 Å². The van der Waals surface area contributed by atoms with Crippen molar-refractivity contribution in [2.75, 3.05) is 0 Å². The van der Waals surface area contributed by atoms with E-state index in [1.54, 1.807) is 24.3 Å². The summed E-state index contributed by atoms with van der Waals surface area (Å²) in [6.07, 6.45) is 0. The molecule has 88 valence electrons. The van der Waals surface area contributed by atoms with Crippen LogP contribution in [0.15, 0.2) is 36.4 Å². The average molecular weight is 232 g/mol. The molecule has 0 saturated heterocycles. The van der Waals surface area contributed by atoms with E-state index in [-0.39, 0.29) is 18.6 Å². The molecular weight excluding hydrogens is 220 g/mol. The first-order valence-corrected chi connectivity index (χ1v) is 4.59. The summed E-state index contributed by atoms with van der Waals surface area (Å²) in [6.45, 7) is 0. The Labute approximate surface area is 98.1 Å². The van der Waals surface area contributed by atoms with Gasteiger partial charge in [-0.3, -0.25) is 0 Å². The number of hydrogen-bond acceptors (Lipinski definition) is 2. The van der Waals surface area contributed by atoms with E-state index in [1.807, 2.05) is 0 Å². The van der Waals surface area contributed by atoms with Crippen molar-refractivity contribution in [1.29, 1.82) is 0 Å². The Bertz CT molecular complexity index is 534. The summed E-state index contributed by atoms with van der Waals surface area (Å²) in [6, 6.07) is 9.78. The van der Waals surface area contributed by atoms with Gasteiger partial charge in [-0.1, -0.05) is 31.7 Å². The number of aromatic carboxylic acids is 2. The van der Waals surface area contributed by atoms with Crippen LogP contribution in [0.25, 0.3) is 10.8 Å². The lowest BCUT2D eigenvalue weighted by atomic mass is 10.0. The summed E-state index contributed by atoms with van der Waals surface area (Å²) in [4.78, 5) is 21.8. The first-order chi connectivity index (χ1) is 7.59. The second kappa shape index (κ2) is 4.65. The number of carbonyl (C=O) groups is 2. The maximum atomic E-state index is 10.9. The van der Waals surface area contributed by atoms with Crippen molar-refractivity contribution in [3.05, 3.63) is 47.5 Å². The molecule has 0 saturated carbocycles. The van der Waals surface area contributed by atoms with Crippen LogP contribution in [0.3, 0.4) is 0 Å². The molecule has 2 aromatic carbocycles. The Balaban J connectivity index is 0.00000144. The van der Waals surface area contributed by atoms with Gasteiger partial charge in [0.25, 0.3) is 0 Å². The van der Waals surface area contributed by atoms with Gasteiger partial charge in [0.05, 0.1) is 11.1 Å². The largest absolute Gasteiger partial charge is 0.478 e. The highest BCUT2D eigenvalue weighted by molar-refractivity contribution is 6.06. The molecule has 0 spiro atoms. The van der Waals surface area contributed by atoms with Gasteiger partial charge >= 0.3 is 11.9 Å². The van der Waals surface area contributed by atoms with Crippen molar-refractivity contribution in [2.45, 2.75) is 7.43 Å². The standard InChI is InChI=1S/C12H8O4.CH4/c13-11(14)9-5-7-3-1-2-4-8(7)6-10(9)12(15)16;/h1-6H,(H,13,14)(H,15,16);1H4. The Kier molecular flexibility index (Phi) is 3.48. The van der Waals surface area contributed by atoms with Gasteiger partial charge < -0.3 is 10.2 Å². The highest BCUT2D eigenvalue weighted by atomic mass is 16.4. The predicted molar refractivity (Wildman–Crippen MR) is 64.6 cm³/mol. The zero-order valence-electron chi connectivity index (χ0n) is 8.18. The third-order valence-corrected chi connectivity index (χ3v) is 2.35. The van der Waals surface area contributed by atoms with Crippen molar-refractivity contribution >= 4 is 22.7 Å². The number of hydrogen-bond donors (Lipinski definition) is 2. The lowest BCUT2D eigenvalue weighted by Gasteiger charge is -2.04. The Morgan fingerprint density at radius 3 is 1.47 bits per heavy atom. The minimum Gasteiger partial charge on any atom is -0.478 e. The normalized spacial score (nSPS) is 9.65. The van der Waals surface area contributed by atoms with E-state index in [1.165, 1.54) is 12.1 Å². The number of fused-ring (bicyclic) bond motifs is 1. The zero-order chi connectivity index (χ0) is 11.7. The fourth-order valence-electron chi connectivity index (χ4n) is 1.59. The molecule has 0 aromatic heterocycles. The molecule has 17 heavy (non-hydrogen) atoms. The first-order valence-electron chi connectivity index (χ1n) is 4.59. The summed E-state index contributed by atoms with van der Waals surface area (Å²) in [5, 5.41) is 19.2. The maximum absolute atomic E-state index is 10.9. The molecule has 0 heterocycles. The number of benzene rings is 2. The number of carboxylic acid groups (broad SMARTS) is 2. The zero-order valence-corrected chi connectivity index (χ0v) is 8.18. The van der Waals surface area contributed by atoms with E-state index in [0.29, 0.717) is 10.8 Å². The van der Waals surface area contributed by atoms with Gasteiger partial charge in [0.1, 0.15) is 0 Å². The Morgan fingerprint density at radius 2 is 1.18 bits per heavy atom. The van der Waals surface area contributed by atoms with Crippen LogP contribution in [0.2, 0.25) is 0 Å². The monoisotopic (exact) mass is 232 g/mol. The molecular formula is C13H12O4. The van der Waals surface area contributed by atoms with Crippen LogP contribution in [-0.2, 0) is 0 Å². The lowest BCUT2D eigenvalue weighted by Crippen LogP contribution is -2.07. The Hall–Kier alpha value is -2.36. The fraction of sp³-hybridized carbons (Fsp3) is 0.0769. The highest BCUT2D eigenvalue weighted by Gasteiger charge is 2.16. The molecule has 0 aliphatic heterocycles. The second-order valence-corrected chi connectivity index (χ2v) is 3.36. The molecule has 0 aliphatic rings. The lowest BCUT2D eigenvalue weighted by molar-refractivity contribution is 0.0652. The number of carboxylic acids is 2. The molecule has 0 fully saturated rings. The van der Waals surface area contributed by atoms with Gasteiger partial charge in [0.15, 0.2) is 0 Å². The van der Waals surface area contributed by atoms with Crippen molar-refractivity contribution in [3.8, 4) is 0 Å². The molecule has 2 aromatic rings. The van der Waals surface area contributed by atoms with E-state index in [4.69, 9.17) is 10.2 Å². The molecule has 0 radical (unpaired) electrons. The van der Waals surface area contributed by atoms with Crippen LogP contribution in [0.5, 0.6) is 0 Å². The molecule has 0 unspecified atom stereocenters. The predicted octanol–water partition coefficient (Wildman–Crippen LogP) is 2.87. The molecule has 0 bridgehead atoms. The van der Waals surface area contributed by atoms with Gasteiger partial charge in [-0.25, -0.2) is 9.59 Å². The van der Waals surface area contributed by atoms with Crippen LogP contribution in [-0.4, -0.2) is 22.2 Å². The summed E-state index contributed by atoms with van der Waals surface area (Å²) in [5.74, 6) is -2.47. The van der Waals surface area contributed by atoms with E-state index in [9.17, 15) is 9.59 Å². The van der Waals surface area contributed by atoms with Crippen molar-refractivity contribution < 1.29 is 19.8 Å². The van der Waals surface area contributed by atoms with Gasteiger partial charge in [-0.05, 0) is 22.9 Å². The quantitative estimate of drug-likeness (QED) is 0.834. The third kappa shape index (κ3) is 2.25. The van der Waals surface area contributed by atoms with Crippen LogP contribution in [0, 0.1) is 0 Å². The SMILES string of the molecule is C.O=C(O)c1cc2ccccc2cc1C(=O)O. The van der Waals surface area contributed by atoms with Gasteiger partial charge in [-0.2, -0.15) is 0 Å². The van der Waals surface area contributed by atoms with Crippen LogP contribution in [0.4, 0.5) is 0 Å². The highest BCUT2D eigenvalue weighted by Crippen LogP contribution is 2.20. The van der Waals surface area contributed by atoms with E-state index in [2.05, 4.69) is 0 Å². The molecule has 0 amide bonds. The summed E-state index contributed by atoms with van der Waals surface area (Å²) < 4.78 is 0. The smallest absolute Gasteiger partial charge is 0.336 e. The summed E-state index contributed by atoms with van der Waals surface area (Å²) in [7, 11) is 0. The molecule has 0 aliphatic carbocycles.